The number of β-amino-alcohol motifs (C(OH)–C–C–N with tert-alkyl or cyclic N) is 1. The number of rotatable bonds is 7. The number of fused-ring (bicyclic) bond motifs is 1. The second kappa shape index (κ2) is 10.8. The molecule has 2 aromatic rings. The number of hydrogen-bond donors (Lipinski definition) is 1. The van der Waals surface area contributed by atoms with Crippen molar-refractivity contribution in [2.45, 2.75) is 39.0 Å². The normalized spacial score (nSPS) is 19.3. The van der Waals surface area contributed by atoms with Crippen LogP contribution < -0.4 is 0 Å². The lowest BCUT2D eigenvalue weighted by Gasteiger charge is -2.31. The molecule has 0 spiro atoms. The number of aliphatic hydroxyl groups excluding tert-OH is 1. The molecule has 4 heterocycles. The lowest BCUT2D eigenvalue weighted by molar-refractivity contribution is -0.128. The summed E-state index contributed by atoms with van der Waals surface area (Å²) in [5.74, 6) is 0.105. The first-order valence-electron chi connectivity index (χ1n) is 12.9. The number of benzene rings is 1. The quantitative estimate of drug-likeness (QED) is 0.646. The summed E-state index contributed by atoms with van der Waals surface area (Å²) in [7, 11) is 0. The summed E-state index contributed by atoms with van der Waals surface area (Å²) < 4.78 is 0. The van der Waals surface area contributed by atoms with E-state index in [1.165, 1.54) is 16.7 Å². The Bertz CT molecular complexity index is 1130. The number of carbonyl (C=O) groups excluding carboxylic acids is 2. The molecule has 1 fully saturated rings. The fraction of sp³-hybridized carbons (Fsp3) is 0.464. The zero-order valence-electron chi connectivity index (χ0n) is 21.0. The third-order valence-corrected chi connectivity index (χ3v) is 7.49. The summed E-state index contributed by atoms with van der Waals surface area (Å²) >= 11 is 0. The first kappa shape index (κ1) is 24.5. The first-order chi connectivity index (χ1) is 17.5. The average Bonchev–Trinajstić information content (AvgIpc) is 3.22. The van der Waals surface area contributed by atoms with Crippen LogP contribution in [0.25, 0.3) is 5.57 Å². The number of urea groups is 1. The molecule has 36 heavy (non-hydrogen) atoms. The van der Waals surface area contributed by atoms with Crippen LogP contribution in [-0.2, 0) is 24.3 Å². The van der Waals surface area contributed by atoms with Crippen molar-refractivity contribution in [1.82, 2.24) is 24.6 Å². The van der Waals surface area contributed by atoms with Gasteiger partial charge >= 0.3 is 6.03 Å². The molecule has 0 radical (unpaired) electrons. The van der Waals surface area contributed by atoms with E-state index >= 15 is 0 Å². The van der Waals surface area contributed by atoms with Crippen LogP contribution in [-0.4, -0.2) is 93.5 Å². The molecule has 1 atom stereocenters. The van der Waals surface area contributed by atoms with Gasteiger partial charge in [0.2, 0.25) is 5.91 Å². The first-order valence-corrected chi connectivity index (χ1v) is 12.9. The Morgan fingerprint density at radius 1 is 1.00 bits per heavy atom. The molecule has 190 valence electrons. The number of nitrogens with zero attached hydrogens (tertiary/aromatic N) is 5. The van der Waals surface area contributed by atoms with Gasteiger partial charge in [-0.1, -0.05) is 36.4 Å². The van der Waals surface area contributed by atoms with Crippen molar-refractivity contribution in [2.75, 3.05) is 45.8 Å². The standard InChI is InChI=1S/C28H35N5O3/c1-21(34)31-12-9-23(10-13-31)24-6-7-26(29-16-24)18-32-14-15-33(28(32)36)20-27(35)19-30-11-8-22-4-2-3-5-25(22)17-30/h2-7,9,16,27,35H,8,10-15,17-20H2,1H3. The molecule has 3 amide bonds. The molecule has 0 bridgehead atoms. The highest BCUT2D eigenvalue weighted by Gasteiger charge is 2.30. The number of carbonyl (C=O) groups is 2. The lowest BCUT2D eigenvalue weighted by Crippen LogP contribution is -2.43. The molecule has 1 N–H and O–H groups in total. The largest absolute Gasteiger partial charge is 0.390 e. The lowest BCUT2D eigenvalue weighted by atomic mass is 10.00. The minimum Gasteiger partial charge on any atom is -0.390 e. The third-order valence-electron chi connectivity index (χ3n) is 7.49. The molecule has 1 saturated heterocycles. The van der Waals surface area contributed by atoms with E-state index < -0.39 is 6.10 Å². The SMILES string of the molecule is CC(=O)N1CC=C(c2ccc(CN3CCN(CC(O)CN4CCc5ccccc5C4)C3=O)nc2)CC1. The van der Waals surface area contributed by atoms with Gasteiger partial charge in [0.25, 0.3) is 0 Å². The highest BCUT2D eigenvalue weighted by Crippen LogP contribution is 2.23. The van der Waals surface area contributed by atoms with Gasteiger partial charge in [-0.15, -0.1) is 0 Å². The van der Waals surface area contributed by atoms with Crippen LogP contribution in [0.1, 0.15) is 35.7 Å². The molecule has 1 aromatic carbocycles. The fourth-order valence-electron chi connectivity index (χ4n) is 5.39. The fourth-order valence-corrected chi connectivity index (χ4v) is 5.39. The van der Waals surface area contributed by atoms with Gasteiger partial charge in [0.15, 0.2) is 0 Å². The predicted octanol–water partition coefficient (Wildman–Crippen LogP) is 2.37. The van der Waals surface area contributed by atoms with Crippen molar-refractivity contribution in [3.05, 3.63) is 71.1 Å². The van der Waals surface area contributed by atoms with E-state index in [-0.39, 0.29) is 11.9 Å². The van der Waals surface area contributed by atoms with E-state index in [1.54, 1.807) is 16.7 Å². The molecule has 3 aliphatic heterocycles. The minimum atomic E-state index is -0.570. The molecule has 8 heteroatoms. The molecule has 3 aliphatic rings. The number of amides is 3. The molecule has 1 unspecified atom stereocenters. The van der Waals surface area contributed by atoms with Gasteiger partial charge in [-0.2, -0.15) is 0 Å². The van der Waals surface area contributed by atoms with Crippen molar-refractivity contribution in [2.24, 2.45) is 0 Å². The summed E-state index contributed by atoms with van der Waals surface area (Å²) in [6, 6.07) is 12.5. The zero-order chi connectivity index (χ0) is 25.1. The molecule has 5 rings (SSSR count). The average molecular weight is 490 g/mol. The van der Waals surface area contributed by atoms with E-state index in [4.69, 9.17) is 0 Å². The van der Waals surface area contributed by atoms with Crippen LogP contribution in [0.2, 0.25) is 0 Å². The van der Waals surface area contributed by atoms with Crippen LogP contribution in [0, 0.1) is 0 Å². The Labute approximate surface area is 212 Å². The van der Waals surface area contributed by atoms with Crippen molar-refractivity contribution in [3.8, 4) is 0 Å². The van der Waals surface area contributed by atoms with E-state index in [2.05, 4.69) is 46.3 Å². The number of aliphatic hydroxyl groups is 1. The van der Waals surface area contributed by atoms with Crippen molar-refractivity contribution >= 4 is 17.5 Å². The van der Waals surface area contributed by atoms with Gasteiger partial charge in [0.05, 0.1) is 18.3 Å². The number of pyridine rings is 1. The second-order valence-electron chi connectivity index (χ2n) is 10.0. The zero-order valence-corrected chi connectivity index (χ0v) is 21.0. The maximum absolute atomic E-state index is 13.0. The molecular formula is C28H35N5O3. The second-order valence-corrected chi connectivity index (χ2v) is 10.0. The van der Waals surface area contributed by atoms with Gasteiger partial charge in [-0.3, -0.25) is 14.7 Å². The smallest absolute Gasteiger partial charge is 0.320 e. The highest BCUT2D eigenvalue weighted by atomic mass is 16.3. The number of hydrogen-bond acceptors (Lipinski definition) is 5. The molecular weight excluding hydrogens is 454 g/mol. The summed E-state index contributed by atoms with van der Waals surface area (Å²) in [6.07, 6.45) is 5.21. The van der Waals surface area contributed by atoms with Crippen LogP contribution >= 0.6 is 0 Å². The number of aromatic nitrogens is 1. The highest BCUT2D eigenvalue weighted by molar-refractivity contribution is 5.77. The van der Waals surface area contributed by atoms with Crippen LogP contribution in [0.5, 0.6) is 0 Å². The Morgan fingerprint density at radius 3 is 2.53 bits per heavy atom. The van der Waals surface area contributed by atoms with E-state index in [0.717, 1.165) is 43.7 Å². The Kier molecular flexibility index (Phi) is 7.34. The Morgan fingerprint density at radius 2 is 1.81 bits per heavy atom. The maximum atomic E-state index is 13.0. The van der Waals surface area contributed by atoms with Gasteiger partial charge < -0.3 is 19.8 Å². The van der Waals surface area contributed by atoms with Crippen molar-refractivity contribution in [3.63, 3.8) is 0 Å². The molecule has 1 aromatic heterocycles. The topological polar surface area (TPSA) is 80.2 Å². The van der Waals surface area contributed by atoms with E-state index in [1.807, 2.05) is 17.2 Å². The monoisotopic (exact) mass is 489 g/mol. The van der Waals surface area contributed by atoms with Gasteiger partial charge in [-0.05, 0) is 41.2 Å². The van der Waals surface area contributed by atoms with Crippen LogP contribution in [0.4, 0.5) is 4.79 Å². The molecule has 0 saturated carbocycles. The summed E-state index contributed by atoms with van der Waals surface area (Å²) in [4.78, 5) is 36.7. The summed E-state index contributed by atoms with van der Waals surface area (Å²) in [6.45, 7) is 7.40. The van der Waals surface area contributed by atoms with Gasteiger partial charge in [-0.25, -0.2) is 4.79 Å². The van der Waals surface area contributed by atoms with Crippen molar-refractivity contribution in [1.29, 1.82) is 0 Å². The summed E-state index contributed by atoms with van der Waals surface area (Å²) in [5.41, 5.74) is 5.85. The third kappa shape index (κ3) is 5.60. The Hall–Kier alpha value is -3.23. The summed E-state index contributed by atoms with van der Waals surface area (Å²) in [5, 5.41) is 10.7. The molecule has 8 nitrogen and oxygen atoms in total. The van der Waals surface area contributed by atoms with Crippen molar-refractivity contribution < 1.29 is 14.7 Å². The minimum absolute atomic E-state index is 0.0387. The maximum Gasteiger partial charge on any atom is 0.320 e. The molecule has 0 aliphatic carbocycles. The van der Waals surface area contributed by atoms with Crippen LogP contribution in [0.15, 0.2) is 48.7 Å². The van der Waals surface area contributed by atoms with Crippen LogP contribution in [0.3, 0.4) is 0 Å². The van der Waals surface area contributed by atoms with Gasteiger partial charge in [0, 0.05) is 65.5 Å². The Balaban J connectivity index is 1.10. The van der Waals surface area contributed by atoms with E-state index in [0.29, 0.717) is 39.3 Å². The van der Waals surface area contributed by atoms with E-state index in [9.17, 15) is 14.7 Å². The van der Waals surface area contributed by atoms with Gasteiger partial charge in [0.1, 0.15) is 0 Å². The predicted molar refractivity (Wildman–Crippen MR) is 138 cm³/mol.